The van der Waals surface area contributed by atoms with Crippen LogP contribution in [0.3, 0.4) is 0 Å². The second-order valence-corrected chi connectivity index (χ2v) is 3.14. The Morgan fingerprint density at radius 2 is 2.17 bits per heavy atom. The van der Waals surface area contributed by atoms with Crippen LogP contribution in [0.5, 0.6) is 0 Å². The quantitative estimate of drug-likeness (QED) is 0.359. The molecule has 1 aliphatic heterocycles. The Morgan fingerprint density at radius 3 is 2.50 bits per heavy atom. The second kappa shape index (κ2) is 2.90. The Kier molecular flexibility index (Phi) is 2.24. The molecule has 2 unspecified atom stereocenters. The molecule has 0 bridgehead atoms. The van der Waals surface area contributed by atoms with E-state index in [2.05, 4.69) is 0 Å². The van der Waals surface area contributed by atoms with Crippen LogP contribution >= 0.6 is 0 Å². The summed E-state index contributed by atoms with van der Waals surface area (Å²) in [6, 6.07) is 0. The van der Waals surface area contributed by atoms with Crippen LogP contribution in [0.4, 0.5) is 0 Å². The Bertz CT molecular complexity index is 232. The molecule has 0 aromatic carbocycles. The molecule has 0 saturated carbocycles. The molecule has 0 N–H and O–H groups in total. The van der Waals surface area contributed by atoms with Crippen LogP contribution in [0, 0.1) is 0 Å². The minimum Gasteiger partial charge on any atom is -0.427 e. The first-order chi connectivity index (χ1) is 5.49. The summed E-state index contributed by atoms with van der Waals surface area (Å²) in [5, 5.41) is 0. The number of carbonyl (C=O) groups excluding carboxylic acids is 1. The Balaban J connectivity index is 2.48. The second-order valence-electron chi connectivity index (χ2n) is 3.14. The number of epoxide rings is 1. The van der Waals surface area contributed by atoms with E-state index in [1.807, 2.05) is 6.92 Å². The molecule has 1 aliphatic rings. The van der Waals surface area contributed by atoms with Crippen molar-refractivity contribution in [3.8, 4) is 0 Å². The van der Waals surface area contributed by atoms with Gasteiger partial charge in [-0.1, -0.05) is 6.08 Å². The number of hydrogen-bond acceptors (Lipinski definition) is 3. The van der Waals surface area contributed by atoms with Crippen molar-refractivity contribution in [2.45, 2.75) is 39.6 Å². The van der Waals surface area contributed by atoms with Crippen LogP contribution in [0.1, 0.15) is 27.7 Å². The average molecular weight is 170 g/mol. The molecule has 1 rings (SSSR count). The van der Waals surface area contributed by atoms with Gasteiger partial charge in [-0.25, -0.2) is 4.79 Å². The van der Waals surface area contributed by atoms with E-state index in [0.29, 0.717) is 5.57 Å². The molecular weight excluding hydrogens is 156 g/mol. The number of esters is 1. The third-order valence-corrected chi connectivity index (χ3v) is 2.14. The normalized spacial score (nSPS) is 34.7. The SMILES string of the molecule is CC=C(C)C(=O)OC1(C)OC1C. The standard InChI is InChI=1S/C9H14O3/c1-5-6(2)8(10)12-9(4)7(3)11-9/h5,7H,1-4H3. The fourth-order valence-electron chi connectivity index (χ4n) is 0.806. The maximum absolute atomic E-state index is 11.2. The van der Waals surface area contributed by atoms with E-state index in [4.69, 9.17) is 9.47 Å². The van der Waals surface area contributed by atoms with Crippen molar-refractivity contribution in [2.24, 2.45) is 0 Å². The van der Waals surface area contributed by atoms with Gasteiger partial charge in [-0.3, -0.25) is 0 Å². The molecule has 3 heteroatoms. The third-order valence-electron chi connectivity index (χ3n) is 2.14. The van der Waals surface area contributed by atoms with Crippen LogP contribution in [0.25, 0.3) is 0 Å². The molecule has 0 radical (unpaired) electrons. The van der Waals surface area contributed by atoms with Crippen molar-refractivity contribution >= 4 is 5.97 Å². The smallest absolute Gasteiger partial charge is 0.335 e. The van der Waals surface area contributed by atoms with Gasteiger partial charge in [0.05, 0.1) is 0 Å². The highest BCUT2D eigenvalue weighted by Crippen LogP contribution is 2.37. The first-order valence-electron chi connectivity index (χ1n) is 4.03. The monoisotopic (exact) mass is 170 g/mol. The van der Waals surface area contributed by atoms with Gasteiger partial charge >= 0.3 is 5.97 Å². The summed E-state index contributed by atoms with van der Waals surface area (Å²) in [4.78, 5) is 11.2. The van der Waals surface area contributed by atoms with Crippen LogP contribution in [0.2, 0.25) is 0 Å². The van der Waals surface area contributed by atoms with Crippen molar-refractivity contribution in [3.05, 3.63) is 11.6 Å². The van der Waals surface area contributed by atoms with E-state index in [1.165, 1.54) is 0 Å². The number of ether oxygens (including phenoxy) is 2. The highest BCUT2D eigenvalue weighted by Gasteiger charge is 2.53. The molecule has 2 atom stereocenters. The van der Waals surface area contributed by atoms with Gasteiger partial charge < -0.3 is 9.47 Å². The topological polar surface area (TPSA) is 38.8 Å². The van der Waals surface area contributed by atoms with Crippen molar-refractivity contribution in [1.29, 1.82) is 0 Å². The lowest BCUT2D eigenvalue weighted by Crippen LogP contribution is -2.19. The van der Waals surface area contributed by atoms with Gasteiger partial charge in [0, 0.05) is 12.5 Å². The molecule has 0 aromatic rings. The predicted octanol–water partition coefficient (Wildman–Crippen LogP) is 1.63. The molecule has 3 nitrogen and oxygen atoms in total. The van der Waals surface area contributed by atoms with E-state index >= 15 is 0 Å². The van der Waals surface area contributed by atoms with Crippen molar-refractivity contribution in [3.63, 3.8) is 0 Å². The van der Waals surface area contributed by atoms with Gasteiger partial charge in [0.25, 0.3) is 0 Å². The maximum atomic E-state index is 11.2. The Labute approximate surface area is 72.4 Å². The summed E-state index contributed by atoms with van der Waals surface area (Å²) in [6.07, 6.45) is 1.74. The molecule has 12 heavy (non-hydrogen) atoms. The minimum absolute atomic E-state index is 0.0195. The molecule has 1 saturated heterocycles. The first-order valence-corrected chi connectivity index (χ1v) is 4.03. The summed E-state index contributed by atoms with van der Waals surface area (Å²) < 4.78 is 10.2. The summed E-state index contributed by atoms with van der Waals surface area (Å²) >= 11 is 0. The van der Waals surface area contributed by atoms with E-state index in [1.54, 1.807) is 26.8 Å². The van der Waals surface area contributed by atoms with E-state index in [-0.39, 0.29) is 12.1 Å². The van der Waals surface area contributed by atoms with Gasteiger partial charge in [0.1, 0.15) is 6.10 Å². The summed E-state index contributed by atoms with van der Waals surface area (Å²) in [5.74, 6) is -0.981. The highest BCUT2D eigenvalue weighted by atomic mass is 16.8. The Hall–Kier alpha value is -0.830. The summed E-state index contributed by atoms with van der Waals surface area (Å²) in [7, 11) is 0. The molecular formula is C9H14O3. The zero-order chi connectivity index (χ0) is 9.35. The summed E-state index contributed by atoms with van der Waals surface area (Å²) in [5.41, 5.74) is 0.610. The van der Waals surface area contributed by atoms with Crippen LogP contribution < -0.4 is 0 Å². The number of carbonyl (C=O) groups is 1. The van der Waals surface area contributed by atoms with Crippen molar-refractivity contribution in [2.75, 3.05) is 0 Å². The average Bonchev–Trinajstić information content (AvgIpc) is 2.57. The molecule has 68 valence electrons. The van der Waals surface area contributed by atoms with Gasteiger partial charge in [-0.15, -0.1) is 0 Å². The fraction of sp³-hybridized carbons (Fsp3) is 0.667. The molecule has 0 spiro atoms. The molecule has 1 fully saturated rings. The predicted molar refractivity (Wildman–Crippen MR) is 44.5 cm³/mol. The zero-order valence-corrected chi connectivity index (χ0v) is 7.88. The first kappa shape index (κ1) is 9.26. The van der Waals surface area contributed by atoms with E-state index in [9.17, 15) is 4.79 Å². The van der Waals surface area contributed by atoms with Crippen LogP contribution in [-0.4, -0.2) is 17.9 Å². The van der Waals surface area contributed by atoms with E-state index < -0.39 is 5.79 Å². The fourth-order valence-corrected chi connectivity index (χ4v) is 0.806. The van der Waals surface area contributed by atoms with E-state index in [0.717, 1.165) is 0 Å². The van der Waals surface area contributed by atoms with Gasteiger partial charge in [0.2, 0.25) is 5.79 Å². The zero-order valence-electron chi connectivity index (χ0n) is 7.88. The number of allylic oxidation sites excluding steroid dienone is 1. The van der Waals surface area contributed by atoms with Gasteiger partial charge in [0.15, 0.2) is 0 Å². The highest BCUT2D eigenvalue weighted by molar-refractivity contribution is 5.88. The van der Waals surface area contributed by atoms with Gasteiger partial charge in [-0.2, -0.15) is 0 Å². The molecule has 0 amide bonds. The van der Waals surface area contributed by atoms with Crippen LogP contribution in [0.15, 0.2) is 11.6 Å². The number of hydrogen-bond donors (Lipinski definition) is 0. The lowest BCUT2D eigenvalue weighted by molar-refractivity contribution is -0.152. The molecule has 0 aromatic heterocycles. The lowest BCUT2D eigenvalue weighted by atomic mass is 10.3. The summed E-state index contributed by atoms with van der Waals surface area (Å²) in [6.45, 7) is 7.16. The van der Waals surface area contributed by atoms with Gasteiger partial charge in [-0.05, 0) is 20.8 Å². The molecule has 1 heterocycles. The van der Waals surface area contributed by atoms with Crippen molar-refractivity contribution in [1.82, 2.24) is 0 Å². The lowest BCUT2D eigenvalue weighted by Gasteiger charge is -2.07. The number of rotatable bonds is 2. The molecule has 0 aliphatic carbocycles. The van der Waals surface area contributed by atoms with Crippen molar-refractivity contribution < 1.29 is 14.3 Å². The minimum atomic E-state index is -0.679. The Morgan fingerprint density at radius 1 is 1.67 bits per heavy atom. The van der Waals surface area contributed by atoms with Crippen LogP contribution in [-0.2, 0) is 14.3 Å². The third kappa shape index (κ3) is 1.67. The largest absolute Gasteiger partial charge is 0.427 e. The maximum Gasteiger partial charge on any atom is 0.335 e.